The number of benzene rings is 2. The van der Waals surface area contributed by atoms with Crippen LogP contribution in [0.2, 0.25) is 0 Å². The highest BCUT2D eigenvalue weighted by molar-refractivity contribution is 5.88. The zero-order valence-corrected chi connectivity index (χ0v) is 26.6. The van der Waals surface area contributed by atoms with Gasteiger partial charge in [-0.3, -0.25) is 9.79 Å². The predicted molar refractivity (Wildman–Crippen MR) is 173 cm³/mol. The molecular formula is C35H50F2N2O2. The minimum atomic E-state index is -2.73. The van der Waals surface area contributed by atoms with E-state index in [1.54, 1.807) is 26.1 Å². The molecule has 0 fully saturated rings. The van der Waals surface area contributed by atoms with Crippen molar-refractivity contribution in [3.63, 3.8) is 0 Å². The summed E-state index contributed by atoms with van der Waals surface area (Å²) in [5, 5.41) is 0. The second-order valence-corrected chi connectivity index (χ2v) is 9.89. The van der Waals surface area contributed by atoms with Gasteiger partial charge < -0.3 is 9.73 Å². The first-order valence-electron chi connectivity index (χ1n) is 14.2. The van der Waals surface area contributed by atoms with E-state index in [9.17, 15) is 13.6 Å². The number of halogens is 2. The topological polar surface area (TPSA) is 51.0 Å². The summed E-state index contributed by atoms with van der Waals surface area (Å²) in [7, 11) is 2.90. The van der Waals surface area contributed by atoms with Gasteiger partial charge in [-0.25, -0.2) is 0 Å². The minimum Gasteiger partial charge on any atom is -0.438 e. The maximum absolute atomic E-state index is 12.5. The Bertz CT molecular complexity index is 1160. The fourth-order valence-electron chi connectivity index (χ4n) is 4.70. The van der Waals surface area contributed by atoms with Crippen LogP contribution in [0.3, 0.4) is 0 Å². The Balaban J connectivity index is 0.000000724. The number of ketones is 1. The quantitative estimate of drug-likeness (QED) is 0.154. The summed E-state index contributed by atoms with van der Waals surface area (Å²) in [6.45, 7) is 21.2. The van der Waals surface area contributed by atoms with Crippen molar-refractivity contribution in [3.8, 4) is 0 Å². The minimum absolute atomic E-state index is 0.175. The first-order chi connectivity index (χ1) is 19.4. The number of carbonyl (C=O) groups excluding carboxylic acids is 1. The first-order valence-corrected chi connectivity index (χ1v) is 14.2. The number of alkyl halides is 2. The molecule has 2 rings (SSSR count). The lowest BCUT2D eigenvalue weighted by Crippen LogP contribution is -2.35. The molecule has 0 saturated carbocycles. The summed E-state index contributed by atoms with van der Waals surface area (Å²) in [5.41, 5.74) is 6.55. The standard InChI is InChI=1S/C20H30O.C13H15F2NO.C2H5N/c1-7-12-20(13-8-2,17(6)21)19-11-10-18(14-16(19)5)15(4)9-3;1-4-10-5-7-11(8-6-10)9(2)17-13(16-3)12(14)15;1-3-2/h9-11,14H,7-8,12-13H2,1-6H3;5-8,12H,2,4H2,1,3H3;1H2,2H3/b15-9+;;. The molecule has 0 heterocycles. The highest BCUT2D eigenvalue weighted by atomic mass is 19.3. The number of aryl methyl sites for hydroxylation is 2. The van der Waals surface area contributed by atoms with E-state index in [0.29, 0.717) is 11.3 Å². The molecule has 2 aromatic rings. The van der Waals surface area contributed by atoms with Crippen LogP contribution in [0.1, 0.15) is 95.0 Å². The Morgan fingerprint density at radius 1 is 1.00 bits per heavy atom. The molecule has 4 nitrogen and oxygen atoms in total. The molecule has 0 N–H and O–H groups in total. The van der Waals surface area contributed by atoms with Gasteiger partial charge in [-0.15, -0.1) is 0 Å². The van der Waals surface area contributed by atoms with Crippen molar-refractivity contribution in [1.82, 2.24) is 0 Å². The van der Waals surface area contributed by atoms with Crippen LogP contribution in [-0.2, 0) is 21.4 Å². The largest absolute Gasteiger partial charge is 0.438 e. The molecule has 0 saturated heterocycles. The molecule has 0 aromatic heterocycles. The number of rotatable bonds is 11. The van der Waals surface area contributed by atoms with Crippen molar-refractivity contribution in [3.05, 3.63) is 82.9 Å². The Kier molecular flexibility index (Phi) is 18.0. The smallest absolute Gasteiger partial charge is 0.312 e. The Hall–Kier alpha value is -3.41. The fraction of sp³-hybridized carbons (Fsp3) is 0.457. The van der Waals surface area contributed by atoms with E-state index in [2.05, 4.69) is 82.2 Å². The zero-order valence-electron chi connectivity index (χ0n) is 26.6. The third-order valence-electron chi connectivity index (χ3n) is 6.98. The molecule has 226 valence electrons. The third kappa shape index (κ3) is 11.5. The van der Waals surface area contributed by atoms with Gasteiger partial charge in [-0.05, 0) is 81.5 Å². The maximum atomic E-state index is 12.5. The molecule has 2 aromatic carbocycles. The summed E-state index contributed by atoms with van der Waals surface area (Å²) in [5.74, 6) is -0.132. The van der Waals surface area contributed by atoms with Crippen molar-refractivity contribution >= 4 is 29.7 Å². The van der Waals surface area contributed by atoms with E-state index in [4.69, 9.17) is 4.74 Å². The zero-order chi connectivity index (χ0) is 31.6. The number of nitrogens with zero attached hydrogens (tertiary/aromatic N) is 2. The van der Waals surface area contributed by atoms with Gasteiger partial charge in [-0.1, -0.05) is 88.7 Å². The van der Waals surface area contributed by atoms with E-state index < -0.39 is 12.3 Å². The maximum Gasteiger partial charge on any atom is 0.312 e. The van der Waals surface area contributed by atoms with Crippen LogP contribution in [0.15, 0.2) is 65.1 Å². The Labute approximate surface area is 247 Å². The van der Waals surface area contributed by atoms with E-state index in [1.165, 1.54) is 34.9 Å². The van der Waals surface area contributed by atoms with E-state index in [-0.39, 0.29) is 11.2 Å². The fourth-order valence-corrected chi connectivity index (χ4v) is 4.70. The van der Waals surface area contributed by atoms with E-state index >= 15 is 0 Å². The van der Waals surface area contributed by atoms with E-state index in [0.717, 1.165) is 32.1 Å². The van der Waals surface area contributed by atoms with Gasteiger partial charge in [0.2, 0.25) is 0 Å². The van der Waals surface area contributed by atoms with E-state index in [1.807, 2.05) is 19.1 Å². The molecular weight excluding hydrogens is 518 g/mol. The third-order valence-corrected chi connectivity index (χ3v) is 6.98. The number of hydrogen-bond acceptors (Lipinski definition) is 4. The van der Waals surface area contributed by atoms with Crippen molar-refractivity contribution < 1.29 is 18.3 Å². The number of carbonyl (C=O) groups is 1. The monoisotopic (exact) mass is 568 g/mol. The predicted octanol–water partition coefficient (Wildman–Crippen LogP) is 9.69. The molecule has 0 atom stereocenters. The lowest BCUT2D eigenvalue weighted by molar-refractivity contribution is -0.123. The van der Waals surface area contributed by atoms with Crippen molar-refractivity contribution in [2.45, 2.75) is 92.4 Å². The summed E-state index contributed by atoms with van der Waals surface area (Å²) in [6.07, 6.45) is 4.28. The molecule has 0 aliphatic rings. The summed E-state index contributed by atoms with van der Waals surface area (Å²) >= 11 is 0. The Morgan fingerprint density at radius 2 is 1.51 bits per heavy atom. The second kappa shape index (κ2) is 19.6. The summed E-state index contributed by atoms with van der Waals surface area (Å²) in [4.78, 5) is 19.1. The number of allylic oxidation sites excluding steroid dienone is 2. The van der Waals surface area contributed by atoms with Crippen molar-refractivity contribution in [1.29, 1.82) is 0 Å². The molecule has 0 spiro atoms. The summed E-state index contributed by atoms with van der Waals surface area (Å²) < 4.78 is 29.7. The van der Waals surface area contributed by atoms with Crippen LogP contribution in [-0.4, -0.2) is 38.9 Å². The number of ether oxygens (including phenoxy) is 1. The first kappa shape index (κ1) is 37.6. The average molecular weight is 569 g/mol. The number of aliphatic imine (C=N–C) groups is 2. The molecule has 0 bridgehead atoms. The average Bonchev–Trinajstić information content (AvgIpc) is 2.95. The van der Waals surface area contributed by atoms with Crippen LogP contribution in [0.4, 0.5) is 8.78 Å². The van der Waals surface area contributed by atoms with Gasteiger partial charge in [0.25, 0.3) is 5.90 Å². The van der Waals surface area contributed by atoms with Crippen LogP contribution < -0.4 is 0 Å². The van der Waals surface area contributed by atoms with Gasteiger partial charge in [0.15, 0.2) is 0 Å². The SMILES string of the molecule is C/C=C(\C)c1ccc(C(CCC)(CCC)C(C)=O)c(C)c1.C=C(OC(=NC)C(F)F)c1ccc(CC)cc1.C=NC. The van der Waals surface area contributed by atoms with Gasteiger partial charge in [0.1, 0.15) is 11.5 Å². The van der Waals surface area contributed by atoms with Gasteiger partial charge in [0.05, 0.1) is 5.41 Å². The molecule has 0 unspecified atom stereocenters. The molecule has 0 radical (unpaired) electrons. The summed E-state index contributed by atoms with van der Waals surface area (Å²) in [6, 6.07) is 14.0. The second-order valence-electron chi connectivity index (χ2n) is 9.89. The van der Waals surface area contributed by atoms with Crippen LogP contribution >= 0.6 is 0 Å². The Morgan fingerprint density at radius 3 is 1.88 bits per heavy atom. The molecule has 6 heteroatoms. The number of Topliss-reactive ketones (excluding diaryl/α,β-unsaturated/α-hetero) is 1. The highest BCUT2D eigenvalue weighted by Crippen LogP contribution is 2.38. The molecule has 0 amide bonds. The lowest BCUT2D eigenvalue weighted by Gasteiger charge is -2.33. The molecule has 0 aliphatic carbocycles. The molecule has 0 aliphatic heterocycles. The normalized spacial score (nSPS) is 11.6. The van der Waals surface area contributed by atoms with Gasteiger partial charge in [0, 0.05) is 19.7 Å². The number of hydrogen-bond donors (Lipinski definition) is 0. The van der Waals surface area contributed by atoms with Crippen molar-refractivity contribution in [2.24, 2.45) is 9.98 Å². The highest BCUT2D eigenvalue weighted by Gasteiger charge is 2.36. The van der Waals surface area contributed by atoms with Gasteiger partial charge >= 0.3 is 6.43 Å². The van der Waals surface area contributed by atoms with Crippen molar-refractivity contribution in [2.75, 3.05) is 14.1 Å². The lowest BCUT2D eigenvalue weighted by atomic mass is 9.69. The van der Waals surface area contributed by atoms with Gasteiger partial charge in [-0.2, -0.15) is 8.78 Å². The van der Waals surface area contributed by atoms with Crippen LogP contribution in [0, 0.1) is 6.92 Å². The molecule has 41 heavy (non-hydrogen) atoms. The van der Waals surface area contributed by atoms with Crippen LogP contribution in [0.5, 0.6) is 0 Å². The van der Waals surface area contributed by atoms with Crippen LogP contribution in [0.25, 0.3) is 11.3 Å².